The van der Waals surface area contributed by atoms with Crippen LogP contribution in [0, 0.1) is 13.8 Å². The third-order valence-electron chi connectivity index (χ3n) is 2.83. The number of rotatable bonds is 3. The molecule has 0 spiro atoms. The number of methoxy groups -OCH3 is 2. The molecule has 1 aromatic heterocycles. The van der Waals surface area contributed by atoms with E-state index in [1.807, 2.05) is 32.0 Å². The van der Waals surface area contributed by atoms with Crippen molar-refractivity contribution in [2.45, 2.75) is 13.8 Å². The van der Waals surface area contributed by atoms with Crippen molar-refractivity contribution in [1.82, 2.24) is 9.97 Å². The van der Waals surface area contributed by atoms with Crippen molar-refractivity contribution < 1.29 is 9.47 Å². The fourth-order valence-corrected chi connectivity index (χ4v) is 2.40. The highest BCUT2D eigenvalue weighted by molar-refractivity contribution is 9.10. The Morgan fingerprint density at radius 2 is 1.58 bits per heavy atom. The van der Waals surface area contributed by atoms with Gasteiger partial charge < -0.3 is 9.47 Å². The second-order valence-electron chi connectivity index (χ2n) is 4.19. The molecule has 5 heteroatoms. The quantitative estimate of drug-likeness (QED) is 0.811. The summed E-state index contributed by atoms with van der Waals surface area (Å²) >= 11 is 3.32. The zero-order valence-electron chi connectivity index (χ0n) is 11.3. The van der Waals surface area contributed by atoms with Gasteiger partial charge in [0.25, 0.3) is 0 Å². The van der Waals surface area contributed by atoms with Crippen LogP contribution < -0.4 is 9.47 Å². The van der Waals surface area contributed by atoms with Gasteiger partial charge in [0, 0.05) is 11.3 Å². The summed E-state index contributed by atoms with van der Waals surface area (Å²) in [7, 11) is 3.25. The molecule has 0 atom stereocenters. The van der Waals surface area contributed by atoms with E-state index in [9.17, 15) is 0 Å². The average Bonchev–Trinajstić information content (AvgIpc) is 2.37. The number of nitrogens with zero attached hydrogens (tertiary/aromatic N) is 2. The van der Waals surface area contributed by atoms with Gasteiger partial charge in [0.1, 0.15) is 0 Å². The molecule has 0 aliphatic heterocycles. The first-order chi connectivity index (χ1) is 9.05. The first-order valence-electron chi connectivity index (χ1n) is 5.79. The van der Waals surface area contributed by atoms with Crippen LogP contribution in [0.3, 0.4) is 0 Å². The molecule has 1 aromatic carbocycles. The third kappa shape index (κ3) is 2.87. The Labute approximate surface area is 120 Å². The normalized spacial score (nSPS) is 10.4. The van der Waals surface area contributed by atoms with Gasteiger partial charge >= 0.3 is 0 Å². The smallest absolute Gasteiger partial charge is 0.197 e. The lowest BCUT2D eigenvalue weighted by molar-refractivity contribution is 0.355. The van der Waals surface area contributed by atoms with Crippen LogP contribution in [-0.2, 0) is 0 Å². The lowest BCUT2D eigenvalue weighted by Crippen LogP contribution is -1.96. The van der Waals surface area contributed by atoms with Crippen molar-refractivity contribution in [2.75, 3.05) is 14.2 Å². The molecule has 2 rings (SSSR count). The summed E-state index contributed by atoms with van der Waals surface area (Å²) in [4.78, 5) is 8.62. The largest absolute Gasteiger partial charge is 0.493 e. The number of aryl methyl sites for hydroxylation is 2. The molecule has 0 bridgehead atoms. The van der Waals surface area contributed by atoms with Crippen molar-refractivity contribution in [3.8, 4) is 22.8 Å². The number of hydrogen-bond donors (Lipinski definition) is 0. The summed E-state index contributed by atoms with van der Waals surface area (Å²) < 4.78 is 11.2. The monoisotopic (exact) mass is 322 g/mol. The Morgan fingerprint density at radius 1 is 0.947 bits per heavy atom. The number of halogens is 1. The van der Waals surface area contributed by atoms with E-state index in [0.717, 1.165) is 22.5 Å². The second-order valence-corrected chi connectivity index (χ2v) is 4.89. The van der Waals surface area contributed by atoms with E-state index < -0.39 is 0 Å². The first kappa shape index (κ1) is 13.8. The highest BCUT2D eigenvalue weighted by Crippen LogP contribution is 2.35. The molecule has 19 heavy (non-hydrogen) atoms. The lowest BCUT2D eigenvalue weighted by atomic mass is 10.0. The van der Waals surface area contributed by atoms with Gasteiger partial charge in [0.15, 0.2) is 16.2 Å². The van der Waals surface area contributed by atoms with Crippen LogP contribution in [0.15, 0.2) is 22.9 Å². The zero-order valence-corrected chi connectivity index (χ0v) is 12.9. The Balaban J connectivity index is 2.61. The lowest BCUT2D eigenvalue weighted by Gasteiger charge is -2.12. The molecule has 0 saturated heterocycles. The molecule has 4 nitrogen and oxygen atoms in total. The molecular formula is C14H15BrN2O2. The summed E-state index contributed by atoms with van der Waals surface area (Å²) in [6.07, 6.45) is 0. The highest BCUT2D eigenvalue weighted by Gasteiger charge is 2.12. The van der Waals surface area contributed by atoms with Gasteiger partial charge in [-0.25, -0.2) is 9.97 Å². The minimum Gasteiger partial charge on any atom is -0.493 e. The van der Waals surface area contributed by atoms with E-state index >= 15 is 0 Å². The SMILES string of the molecule is COc1cc(C)c(-c2cc(C)nc(Br)n2)cc1OC. The van der Waals surface area contributed by atoms with Gasteiger partial charge in [0.05, 0.1) is 19.9 Å². The van der Waals surface area contributed by atoms with Crippen LogP contribution in [0.4, 0.5) is 0 Å². The molecule has 0 aliphatic carbocycles. The molecule has 0 unspecified atom stereocenters. The summed E-state index contributed by atoms with van der Waals surface area (Å²) in [5.74, 6) is 1.41. The van der Waals surface area contributed by atoms with E-state index in [1.54, 1.807) is 14.2 Å². The van der Waals surface area contributed by atoms with E-state index in [0.29, 0.717) is 16.2 Å². The Kier molecular flexibility index (Phi) is 4.04. The molecule has 0 N–H and O–H groups in total. The molecule has 100 valence electrons. The summed E-state index contributed by atoms with van der Waals surface area (Å²) in [5, 5.41) is 0. The van der Waals surface area contributed by atoms with Crippen molar-refractivity contribution in [3.05, 3.63) is 34.2 Å². The van der Waals surface area contributed by atoms with Crippen LogP contribution in [-0.4, -0.2) is 24.2 Å². The minimum atomic E-state index is 0.580. The van der Waals surface area contributed by atoms with Crippen LogP contribution in [0.1, 0.15) is 11.3 Å². The highest BCUT2D eigenvalue weighted by atomic mass is 79.9. The predicted octanol–water partition coefficient (Wildman–Crippen LogP) is 3.54. The number of aromatic nitrogens is 2. The molecule has 1 heterocycles. The Bertz CT molecular complexity index is 594. The average molecular weight is 323 g/mol. The van der Waals surface area contributed by atoms with Gasteiger partial charge in [-0.3, -0.25) is 0 Å². The number of ether oxygens (including phenoxy) is 2. The number of benzene rings is 1. The maximum atomic E-state index is 5.33. The topological polar surface area (TPSA) is 44.2 Å². The van der Waals surface area contributed by atoms with Gasteiger partial charge in [-0.05, 0) is 53.5 Å². The maximum Gasteiger partial charge on any atom is 0.197 e. The van der Waals surface area contributed by atoms with E-state index in [-0.39, 0.29) is 0 Å². The van der Waals surface area contributed by atoms with Crippen molar-refractivity contribution in [3.63, 3.8) is 0 Å². The molecule has 0 radical (unpaired) electrons. The predicted molar refractivity (Wildman–Crippen MR) is 77.7 cm³/mol. The molecule has 2 aromatic rings. The van der Waals surface area contributed by atoms with Gasteiger partial charge in [0.2, 0.25) is 0 Å². The van der Waals surface area contributed by atoms with Gasteiger partial charge in [-0.15, -0.1) is 0 Å². The van der Waals surface area contributed by atoms with Crippen LogP contribution in [0.2, 0.25) is 0 Å². The molecule has 0 saturated carbocycles. The van der Waals surface area contributed by atoms with Gasteiger partial charge in [-0.1, -0.05) is 0 Å². The summed E-state index contributed by atoms with van der Waals surface area (Å²) in [5.41, 5.74) is 3.84. The molecular weight excluding hydrogens is 308 g/mol. The van der Waals surface area contributed by atoms with Crippen LogP contribution in [0.25, 0.3) is 11.3 Å². The minimum absolute atomic E-state index is 0.580. The van der Waals surface area contributed by atoms with E-state index in [2.05, 4.69) is 25.9 Å². The molecule has 0 aliphatic rings. The first-order valence-corrected chi connectivity index (χ1v) is 6.58. The second kappa shape index (κ2) is 5.57. The Morgan fingerprint density at radius 3 is 2.16 bits per heavy atom. The summed E-state index contributed by atoms with van der Waals surface area (Å²) in [6.45, 7) is 3.95. The maximum absolute atomic E-state index is 5.33. The molecule has 0 amide bonds. The van der Waals surface area contributed by atoms with Gasteiger partial charge in [-0.2, -0.15) is 0 Å². The van der Waals surface area contributed by atoms with Crippen molar-refractivity contribution >= 4 is 15.9 Å². The summed E-state index contributed by atoms with van der Waals surface area (Å²) in [6, 6.07) is 5.82. The molecule has 0 fully saturated rings. The zero-order chi connectivity index (χ0) is 14.0. The Hall–Kier alpha value is -1.62. The third-order valence-corrected chi connectivity index (χ3v) is 3.19. The number of hydrogen-bond acceptors (Lipinski definition) is 4. The van der Waals surface area contributed by atoms with E-state index in [4.69, 9.17) is 9.47 Å². The van der Waals surface area contributed by atoms with Crippen LogP contribution >= 0.6 is 15.9 Å². The van der Waals surface area contributed by atoms with E-state index in [1.165, 1.54) is 0 Å². The van der Waals surface area contributed by atoms with Crippen molar-refractivity contribution in [2.24, 2.45) is 0 Å². The van der Waals surface area contributed by atoms with Crippen LogP contribution in [0.5, 0.6) is 11.5 Å². The van der Waals surface area contributed by atoms with Crippen molar-refractivity contribution in [1.29, 1.82) is 0 Å². The fraction of sp³-hybridized carbons (Fsp3) is 0.286. The fourth-order valence-electron chi connectivity index (χ4n) is 1.93. The standard InChI is InChI=1S/C14H15BrN2O2/c1-8-5-12(18-3)13(19-4)7-10(8)11-6-9(2)16-14(15)17-11/h5-7H,1-4H3.